The Bertz CT molecular complexity index is 444. The summed E-state index contributed by atoms with van der Waals surface area (Å²) in [4.78, 5) is 2.22. The normalized spacial score (nSPS) is 25.2. The van der Waals surface area contributed by atoms with E-state index in [4.69, 9.17) is 4.74 Å². The molecule has 0 aliphatic heterocycles. The highest BCUT2D eigenvalue weighted by Gasteiger charge is 2.34. The van der Waals surface area contributed by atoms with Gasteiger partial charge in [0.15, 0.2) is 0 Å². The fraction of sp³-hybridized carbons (Fsp3) is 0.647. The van der Waals surface area contributed by atoms with Crippen LogP contribution in [0.4, 0.5) is 5.69 Å². The third-order valence-electron chi connectivity index (χ3n) is 4.48. The van der Waals surface area contributed by atoms with Crippen LogP contribution in [0.25, 0.3) is 0 Å². The van der Waals surface area contributed by atoms with Gasteiger partial charge in [0.2, 0.25) is 0 Å². The third-order valence-corrected chi connectivity index (χ3v) is 4.48. The van der Waals surface area contributed by atoms with Crippen molar-refractivity contribution in [3.63, 3.8) is 0 Å². The maximum Gasteiger partial charge on any atom is 0.120 e. The summed E-state index contributed by atoms with van der Waals surface area (Å²) in [6, 6.07) is 8.09. The number of nitrogens with zero attached hydrogens (tertiary/aromatic N) is 1. The lowest BCUT2D eigenvalue weighted by Gasteiger charge is -2.40. The Morgan fingerprint density at radius 2 is 2.15 bits per heavy atom. The molecule has 0 amide bonds. The van der Waals surface area contributed by atoms with Crippen LogP contribution in [0, 0.1) is 11.3 Å². The molecule has 112 valence electrons. The van der Waals surface area contributed by atoms with Gasteiger partial charge in [-0.15, -0.1) is 0 Å². The second-order valence-corrected chi connectivity index (χ2v) is 6.82. The van der Waals surface area contributed by atoms with Crippen LogP contribution >= 0.6 is 0 Å². The van der Waals surface area contributed by atoms with E-state index in [1.807, 2.05) is 18.2 Å². The molecule has 1 N–H and O–H groups in total. The van der Waals surface area contributed by atoms with Gasteiger partial charge in [0, 0.05) is 31.3 Å². The zero-order valence-corrected chi connectivity index (χ0v) is 13.1. The fourth-order valence-corrected chi connectivity index (χ4v) is 3.21. The Kier molecular flexibility index (Phi) is 4.59. The van der Waals surface area contributed by atoms with Crippen molar-refractivity contribution in [1.29, 1.82) is 0 Å². The summed E-state index contributed by atoms with van der Waals surface area (Å²) in [7, 11) is 3.77. The van der Waals surface area contributed by atoms with Gasteiger partial charge in [-0.1, -0.05) is 19.9 Å². The predicted molar refractivity (Wildman–Crippen MR) is 83.4 cm³/mol. The molecule has 3 nitrogen and oxygen atoms in total. The molecule has 1 aliphatic rings. The van der Waals surface area contributed by atoms with Crippen molar-refractivity contribution in [3.8, 4) is 5.75 Å². The first kappa shape index (κ1) is 15.2. The van der Waals surface area contributed by atoms with Crippen LogP contribution in [-0.2, 0) is 0 Å². The number of benzene rings is 1. The molecule has 2 rings (SSSR count). The van der Waals surface area contributed by atoms with E-state index in [0.29, 0.717) is 11.3 Å². The number of methoxy groups -OCH3 is 1. The lowest BCUT2D eigenvalue weighted by atomic mass is 9.71. The lowest BCUT2D eigenvalue weighted by molar-refractivity contribution is 0.0254. The van der Waals surface area contributed by atoms with Crippen molar-refractivity contribution < 1.29 is 9.84 Å². The molecule has 20 heavy (non-hydrogen) atoms. The number of aliphatic hydroxyl groups excluding tert-OH is 1. The Morgan fingerprint density at radius 3 is 2.85 bits per heavy atom. The first-order chi connectivity index (χ1) is 9.41. The number of anilines is 1. The molecule has 2 unspecified atom stereocenters. The second-order valence-electron chi connectivity index (χ2n) is 6.82. The molecule has 2 atom stereocenters. The summed E-state index contributed by atoms with van der Waals surface area (Å²) in [6.07, 6.45) is 2.95. The second kappa shape index (κ2) is 6.04. The van der Waals surface area contributed by atoms with E-state index in [1.54, 1.807) is 7.11 Å². The largest absolute Gasteiger partial charge is 0.497 e. The minimum atomic E-state index is -0.170. The Labute approximate surface area is 122 Å². The zero-order chi connectivity index (χ0) is 14.8. The Balaban J connectivity index is 2.04. The number of rotatable bonds is 4. The van der Waals surface area contributed by atoms with Gasteiger partial charge >= 0.3 is 0 Å². The first-order valence-electron chi connectivity index (χ1n) is 7.44. The summed E-state index contributed by atoms with van der Waals surface area (Å²) < 4.78 is 5.27. The van der Waals surface area contributed by atoms with Crippen LogP contribution in [0.5, 0.6) is 5.75 Å². The molecule has 0 spiro atoms. The van der Waals surface area contributed by atoms with Gasteiger partial charge < -0.3 is 14.7 Å². The van der Waals surface area contributed by atoms with Crippen molar-refractivity contribution in [2.24, 2.45) is 11.3 Å². The highest BCUT2D eigenvalue weighted by atomic mass is 16.5. The van der Waals surface area contributed by atoms with Crippen LogP contribution < -0.4 is 9.64 Å². The van der Waals surface area contributed by atoms with Gasteiger partial charge in [0.1, 0.15) is 5.75 Å². The number of ether oxygens (including phenoxy) is 1. The monoisotopic (exact) mass is 277 g/mol. The summed E-state index contributed by atoms with van der Waals surface area (Å²) in [6.45, 7) is 5.49. The van der Waals surface area contributed by atoms with E-state index < -0.39 is 0 Å². The molecular formula is C17H27NO2. The van der Waals surface area contributed by atoms with Crippen LogP contribution in [0.15, 0.2) is 24.3 Å². The van der Waals surface area contributed by atoms with E-state index >= 15 is 0 Å². The highest BCUT2D eigenvalue weighted by Crippen LogP contribution is 2.39. The average Bonchev–Trinajstić information content (AvgIpc) is 2.42. The van der Waals surface area contributed by atoms with Crippen LogP contribution in [0.1, 0.15) is 33.1 Å². The van der Waals surface area contributed by atoms with Gasteiger partial charge in [0.25, 0.3) is 0 Å². The van der Waals surface area contributed by atoms with E-state index in [2.05, 4.69) is 31.9 Å². The van der Waals surface area contributed by atoms with Gasteiger partial charge in [-0.05, 0) is 36.8 Å². The fourth-order valence-electron chi connectivity index (χ4n) is 3.21. The smallest absolute Gasteiger partial charge is 0.120 e. The van der Waals surface area contributed by atoms with Crippen molar-refractivity contribution in [2.45, 2.75) is 39.2 Å². The standard InChI is InChI=1S/C17H27NO2/c1-17(2)9-8-16(19)13(11-17)12-18(3)14-6-5-7-15(10-14)20-4/h5-7,10,13,16,19H,8-9,11-12H2,1-4H3. The van der Waals surface area contributed by atoms with Crippen molar-refractivity contribution in [3.05, 3.63) is 24.3 Å². The zero-order valence-electron chi connectivity index (χ0n) is 13.1. The maximum atomic E-state index is 10.2. The number of hydrogen-bond donors (Lipinski definition) is 1. The number of aliphatic hydroxyl groups is 1. The molecule has 3 heteroatoms. The quantitative estimate of drug-likeness (QED) is 0.916. The van der Waals surface area contributed by atoms with Crippen molar-refractivity contribution >= 4 is 5.69 Å². The topological polar surface area (TPSA) is 32.7 Å². The third kappa shape index (κ3) is 3.66. The van der Waals surface area contributed by atoms with E-state index in [9.17, 15) is 5.11 Å². The van der Waals surface area contributed by atoms with E-state index in [1.165, 1.54) is 0 Å². The van der Waals surface area contributed by atoms with Crippen LogP contribution in [0.3, 0.4) is 0 Å². The molecule has 1 fully saturated rings. The lowest BCUT2D eigenvalue weighted by Crippen LogP contribution is -2.40. The Hall–Kier alpha value is -1.22. The summed E-state index contributed by atoms with van der Waals surface area (Å²) in [5.41, 5.74) is 1.49. The molecule has 1 aromatic rings. The minimum Gasteiger partial charge on any atom is -0.497 e. The molecule has 1 aromatic carbocycles. The average molecular weight is 277 g/mol. The molecule has 0 aromatic heterocycles. The Morgan fingerprint density at radius 1 is 1.40 bits per heavy atom. The van der Waals surface area contributed by atoms with Gasteiger partial charge in [-0.3, -0.25) is 0 Å². The number of hydrogen-bond acceptors (Lipinski definition) is 3. The summed E-state index contributed by atoms with van der Waals surface area (Å²) >= 11 is 0. The summed E-state index contributed by atoms with van der Waals surface area (Å²) in [5, 5.41) is 10.2. The van der Waals surface area contributed by atoms with Gasteiger partial charge in [0.05, 0.1) is 13.2 Å². The van der Waals surface area contributed by atoms with E-state index in [0.717, 1.165) is 37.2 Å². The molecule has 0 radical (unpaired) electrons. The minimum absolute atomic E-state index is 0.170. The predicted octanol–water partition coefficient (Wildman–Crippen LogP) is 3.32. The molecule has 0 heterocycles. The SMILES string of the molecule is COc1cccc(N(C)CC2CC(C)(C)CCC2O)c1. The van der Waals surface area contributed by atoms with Crippen molar-refractivity contribution in [1.82, 2.24) is 0 Å². The molecule has 1 saturated carbocycles. The van der Waals surface area contributed by atoms with Gasteiger partial charge in [-0.25, -0.2) is 0 Å². The first-order valence-corrected chi connectivity index (χ1v) is 7.44. The maximum absolute atomic E-state index is 10.2. The molecule has 1 aliphatic carbocycles. The molecular weight excluding hydrogens is 250 g/mol. The van der Waals surface area contributed by atoms with Gasteiger partial charge in [-0.2, -0.15) is 0 Å². The molecule has 0 bridgehead atoms. The van der Waals surface area contributed by atoms with Crippen LogP contribution in [-0.4, -0.2) is 31.9 Å². The highest BCUT2D eigenvalue weighted by molar-refractivity contribution is 5.50. The van der Waals surface area contributed by atoms with E-state index in [-0.39, 0.29) is 6.10 Å². The summed E-state index contributed by atoms with van der Waals surface area (Å²) in [5.74, 6) is 1.22. The van der Waals surface area contributed by atoms with Crippen LogP contribution in [0.2, 0.25) is 0 Å². The molecule has 0 saturated heterocycles. The van der Waals surface area contributed by atoms with Crippen molar-refractivity contribution in [2.75, 3.05) is 25.6 Å².